The lowest BCUT2D eigenvalue weighted by atomic mass is 10.1. The van der Waals surface area contributed by atoms with Gasteiger partial charge in [0.1, 0.15) is 6.61 Å². The van der Waals surface area contributed by atoms with Gasteiger partial charge in [0, 0.05) is 11.3 Å². The Morgan fingerprint density at radius 2 is 2.00 bits per heavy atom. The summed E-state index contributed by atoms with van der Waals surface area (Å²) in [7, 11) is 1.26. The molecule has 0 fully saturated rings. The summed E-state index contributed by atoms with van der Waals surface area (Å²) in [6.07, 6.45) is 0. The fraction of sp³-hybridized carbons (Fsp3) is 0.133. The molecule has 2 aromatic rings. The van der Waals surface area contributed by atoms with Crippen molar-refractivity contribution in [2.45, 2.75) is 6.61 Å². The Morgan fingerprint density at radius 3 is 2.71 bits per heavy atom. The number of esters is 1. The summed E-state index contributed by atoms with van der Waals surface area (Å²) in [5, 5.41) is -0.0340. The lowest BCUT2D eigenvalue weighted by Crippen LogP contribution is -2.11. The van der Waals surface area contributed by atoms with Crippen LogP contribution >= 0.6 is 11.6 Å². The minimum Gasteiger partial charge on any atom is -0.486 e. The number of rotatable bonds is 4. The molecule has 2 rings (SSSR count). The van der Waals surface area contributed by atoms with E-state index < -0.39 is 11.8 Å². The minimum absolute atomic E-state index is 0.000685. The smallest absolute Gasteiger partial charge is 0.340 e. The van der Waals surface area contributed by atoms with Crippen LogP contribution in [0.3, 0.4) is 0 Å². The van der Waals surface area contributed by atoms with Gasteiger partial charge in [0.2, 0.25) is 0 Å². The molecule has 4 nitrogen and oxygen atoms in total. The van der Waals surface area contributed by atoms with Crippen LogP contribution in [0.4, 0.5) is 10.1 Å². The predicted octanol–water partition coefficient (Wildman–Crippen LogP) is 3.43. The van der Waals surface area contributed by atoms with Crippen LogP contribution in [-0.4, -0.2) is 13.1 Å². The van der Waals surface area contributed by atoms with E-state index in [2.05, 4.69) is 4.74 Å². The number of hydrogen-bond acceptors (Lipinski definition) is 4. The summed E-state index contributed by atoms with van der Waals surface area (Å²) in [5.41, 5.74) is 6.75. The second kappa shape index (κ2) is 6.45. The fourth-order valence-electron chi connectivity index (χ4n) is 1.84. The third kappa shape index (κ3) is 3.25. The van der Waals surface area contributed by atoms with Gasteiger partial charge in [-0.15, -0.1) is 0 Å². The summed E-state index contributed by atoms with van der Waals surface area (Å²) in [6.45, 7) is -0.0350. The molecule has 0 spiro atoms. The van der Waals surface area contributed by atoms with Crippen LogP contribution in [0.25, 0.3) is 0 Å². The zero-order chi connectivity index (χ0) is 15.4. The van der Waals surface area contributed by atoms with Crippen molar-refractivity contribution in [2.75, 3.05) is 12.8 Å². The number of hydrogen-bond donors (Lipinski definition) is 1. The highest BCUT2D eigenvalue weighted by molar-refractivity contribution is 6.30. The topological polar surface area (TPSA) is 61.5 Å². The number of anilines is 1. The molecule has 0 aliphatic carbocycles. The van der Waals surface area contributed by atoms with Crippen LogP contribution < -0.4 is 10.5 Å². The molecule has 0 heterocycles. The fourth-order valence-corrected chi connectivity index (χ4v) is 2.01. The highest BCUT2D eigenvalue weighted by Gasteiger charge is 2.16. The first-order valence-corrected chi connectivity index (χ1v) is 6.45. The second-order valence-electron chi connectivity index (χ2n) is 4.21. The average Bonchev–Trinajstić information content (AvgIpc) is 2.48. The minimum atomic E-state index is -0.650. The molecule has 110 valence electrons. The molecule has 0 saturated heterocycles. The van der Waals surface area contributed by atoms with Gasteiger partial charge in [-0.1, -0.05) is 29.8 Å². The van der Waals surface area contributed by atoms with Crippen LogP contribution in [0.1, 0.15) is 15.9 Å². The monoisotopic (exact) mass is 309 g/mol. The van der Waals surface area contributed by atoms with Crippen molar-refractivity contribution in [1.82, 2.24) is 0 Å². The maximum Gasteiger partial charge on any atom is 0.340 e. The zero-order valence-corrected chi connectivity index (χ0v) is 12.0. The molecule has 0 radical (unpaired) electrons. The van der Waals surface area contributed by atoms with Crippen molar-refractivity contribution in [3.05, 3.63) is 58.4 Å². The second-order valence-corrected chi connectivity index (χ2v) is 4.62. The normalized spacial score (nSPS) is 10.2. The summed E-state index contributed by atoms with van der Waals surface area (Å²) >= 11 is 5.68. The number of benzene rings is 2. The SMILES string of the molecule is COC(=O)c1c(N)cccc1COc1cccc(Cl)c1F. The van der Waals surface area contributed by atoms with Crippen molar-refractivity contribution in [2.24, 2.45) is 0 Å². The van der Waals surface area contributed by atoms with Gasteiger partial charge in [-0.05, 0) is 18.2 Å². The summed E-state index contributed by atoms with van der Waals surface area (Å²) < 4.78 is 23.8. The molecule has 6 heteroatoms. The van der Waals surface area contributed by atoms with Crippen molar-refractivity contribution < 1.29 is 18.7 Å². The number of halogens is 2. The van der Waals surface area contributed by atoms with E-state index in [9.17, 15) is 9.18 Å². The first-order chi connectivity index (χ1) is 10.0. The van der Waals surface area contributed by atoms with Gasteiger partial charge in [-0.2, -0.15) is 0 Å². The van der Waals surface area contributed by atoms with Crippen LogP contribution in [0, 0.1) is 5.82 Å². The first-order valence-electron chi connectivity index (χ1n) is 6.07. The van der Waals surface area contributed by atoms with E-state index in [1.807, 2.05) is 0 Å². The molecule has 0 aliphatic rings. The van der Waals surface area contributed by atoms with Gasteiger partial charge in [0.15, 0.2) is 11.6 Å². The molecule has 0 amide bonds. The summed E-state index contributed by atoms with van der Waals surface area (Å²) in [4.78, 5) is 11.7. The van der Waals surface area contributed by atoms with Crippen LogP contribution in [0.2, 0.25) is 5.02 Å². The number of methoxy groups -OCH3 is 1. The average molecular weight is 310 g/mol. The highest BCUT2D eigenvalue weighted by atomic mass is 35.5. The van der Waals surface area contributed by atoms with Gasteiger partial charge in [0.05, 0.1) is 17.7 Å². The van der Waals surface area contributed by atoms with Gasteiger partial charge in [-0.3, -0.25) is 0 Å². The molecule has 0 unspecified atom stereocenters. The van der Waals surface area contributed by atoms with Gasteiger partial charge < -0.3 is 15.2 Å². The van der Waals surface area contributed by atoms with Crippen molar-refractivity contribution >= 4 is 23.3 Å². The largest absolute Gasteiger partial charge is 0.486 e. The lowest BCUT2D eigenvalue weighted by Gasteiger charge is -2.12. The lowest BCUT2D eigenvalue weighted by molar-refractivity contribution is 0.0599. The molecule has 0 atom stereocenters. The van der Waals surface area contributed by atoms with Crippen molar-refractivity contribution in [1.29, 1.82) is 0 Å². The first kappa shape index (κ1) is 15.1. The number of carbonyl (C=O) groups excluding carboxylic acids is 1. The Kier molecular flexibility index (Phi) is 4.65. The van der Waals surface area contributed by atoms with Crippen molar-refractivity contribution in [3.63, 3.8) is 0 Å². The van der Waals surface area contributed by atoms with E-state index in [-0.39, 0.29) is 28.6 Å². The van der Waals surface area contributed by atoms with Crippen LogP contribution in [0.5, 0.6) is 5.75 Å². The Labute approximate surface area is 126 Å². The Bertz CT molecular complexity index is 676. The van der Waals surface area contributed by atoms with Crippen molar-refractivity contribution in [3.8, 4) is 5.75 Å². The van der Waals surface area contributed by atoms with Crippen LogP contribution in [0.15, 0.2) is 36.4 Å². The Morgan fingerprint density at radius 1 is 1.29 bits per heavy atom. The Hall–Kier alpha value is -2.27. The van der Waals surface area contributed by atoms with E-state index in [4.69, 9.17) is 22.1 Å². The third-order valence-corrected chi connectivity index (χ3v) is 3.16. The quantitative estimate of drug-likeness (QED) is 0.694. The molecular weight excluding hydrogens is 297 g/mol. The molecule has 0 aliphatic heterocycles. The predicted molar refractivity (Wildman–Crippen MR) is 77.9 cm³/mol. The number of ether oxygens (including phenoxy) is 2. The molecular formula is C15H13ClFNO3. The zero-order valence-electron chi connectivity index (χ0n) is 11.2. The maximum absolute atomic E-state index is 13.7. The molecule has 0 saturated carbocycles. The van der Waals surface area contributed by atoms with Gasteiger partial charge in [-0.25, -0.2) is 9.18 Å². The van der Waals surface area contributed by atoms with Gasteiger partial charge >= 0.3 is 5.97 Å². The number of carbonyl (C=O) groups is 1. The summed E-state index contributed by atoms with van der Waals surface area (Å²) in [5.74, 6) is -1.22. The van der Waals surface area contributed by atoms with E-state index in [0.717, 1.165) is 0 Å². The van der Waals surface area contributed by atoms with Gasteiger partial charge in [0.25, 0.3) is 0 Å². The standard InChI is InChI=1S/C15H13ClFNO3/c1-20-15(19)13-9(4-2-6-11(13)18)8-21-12-7-3-5-10(16)14(12)17/h2-7H,8,18H2,1H3. The molecule has 2 N–H and O–H groups in total. The number of nitrogens with two attached hydrogens (primary N) is 1. The number of nitrogen functional groups attached to an aromatic ring is 1. The maximum atomic E-state index is 13.7. The van der Waals surface area contributed by atoms with Crippen LogP contribution in [-0.2, 0) is 11.3 Å². The van der Waals surface area contributed by atoms with E-state index in [1.165, 1.54) is 19.2 Å². The van der Waals surface area contributed by atoms with E-state index in [0.29, 0.717) is 5.56 Å². The molecule has 2 aromatic carbocycles. The molecule has 21 heavy (non-hydrogen) atoms. The van der Waals surface area contributed by atoms with E-state index >= 15 is 0 Å². The highest BCUT2D eigenvalue weighted by Crippen LogP contribution is 2.26. The third-order valence-electron chi connectivity index (χ3n) is 2.87. The van der Waals surface area contributed by atoms with E-state index in [1.54, 1.807) is 24.3 Å². The molecule has 0 aromatic heterocycles. The summed E-state index contributed by atoms with van der Waals surface area (Å²) in [6, 6.07) is 9.35. The molecule has 0 bridgehead atoms. The Balaban J connectivity index is 2.26.